The molecule has 0 saturated carbocycles. The van der Waals surface area contributed by atoms with Crippen molar-refractivity contribution < 1.29 is 28.7 Å². The van der Waals surface area contributed by atoms with E-state index in [0.717, 1.165) is 6.07 Å². The maximum atomic E-state index is 12.0. The fraction of sp³-hybridized carbons (Fsp3) is 0.176. The molecular weight excluding hydrogens is 380 g/mol. The van der Waals surface area contributed by atoms with Crippen LogP contribution in [0.15, 0.2) is 36.4 Å². The minimum atomic E-state index is -1.10. The molecule has 2 aromatic carbocycles. The number of esters is 1. The molecule has 9 nitrogen and oxygen atoms in total. The highest BCUT2D eigenvalue weighted by atomic mass is 35.5. The Morgan fingerprint density at radius 3 is 2.41 bits per heavy atom. The molecule has 142 valence electrons. The maximum absolute atomic E-state index is 12.0. The summed E-state index contributed by atoms with van der Waals surface area (Å²) >= 11 is 5.77. The van der Waals surface area contributed by atoms with Gasteiger partial charge in [-0.3, -0.25) is 14.9 Å². The van der Waals surface area contributed by atoms with Gasteiger partial charge in [-0.15, -0.1) is 0 Å². The van der Waals surface area contributed by atoms with Crippen molar-refractivity contribution in [1.29, 1.82) is 0 Å². The van der Waals surface area contributed by atoms with Crippen LogP contribution in [0.1, 0.15) is 17.3 Å². The van der Waals surface area contributed by atoms with E-state index in [9.17, 15) is 19.7 Å². The lowest BCUT2D eigenvalue weighted by molar-refractivity contribution is -0.385. The lowest BCUT2D eigenvalue weighted by Crippen LogP contribution is -2.30. The number of rotatable bonds is 7. The van der Waals surface area contributed by atoms with E-state index < -0.39 is 22.9 Å². The number of nitrogens with zero attached hydrogens (tertiary/aromatic N) is 1. The van der Waals surface area contributed by atoms with Crippen LogP contribution in [-0.2, 0) is 9.53 Å². The summed E-state index contributed by atoms with van der Waals surface area (Å²) in [5, 5.41) is 11.3. The van der Waals surface area contributed by atoms with Gasteiger partial charge in [0.15, 0.2) is 17.6 Å². The van der Waals surface area contributed by atoms with E-state index in [4.69, 9.17) is 31.5 Å². The highest BCUT2D eigenvalue weighted by Gasteiger charge is 2.21. The van der Waals surface area contributed by atoms with Gasteiger partial charge in [-0.2, -0.15) is 0 Å². The molecule has 0 radical (unpaired) electrons. The summed E-state index contributed by atoms with van der Waals surface area (Å²) in [6.45, 7) is 1.34. The minimum Gasteiger partial charge on any atom is -0.493 e. The zero-order chi connectivity index (χ0) is 20.1. The number of ether oxygens (including phenoxy) is 3. The number of carbonyl (C=O) groups is 2. The molecule has 0 unspecified atom stereocenters. The number of nitro benzene ring substituents is 1. The molecule has 1 amide bonds. The summed E-state index contributed by atoms with van der Waals surface area (Å²) in [6, 6.07) is 7.98. The van der Waals surface area contributed by atoms with Gasteiger partial charge in [-0.1, -0.05) is 11.6 Å². The van der Waals surface area contributed by atoms with E-state index in [-0.39, 0.29) is 33.5 Å². The molecule has 2 rings (SSSR count). The van der Waals surface area contributed by atoms with E-state index in [1.807, 2.05) is 0 Å². The number of nitrogens with two attached hydrogens (primary N) is 1. The average molecular weight is 395 g/mol. The molecule has 10 heteroatoms. The summed E-state index contributed by atoms with van der Waals surface area (Å²) in [5.74, 6) is -1.38. The number of methoxy groups -OCH3 is 1. The molecule has 0 saturated heterocycles. The Balaban J connectivity index is 2.31. The van der Waals surface area contributed by atoms with Crippen molar-refractivity contribution in [3.8, 4) is 17.2 Å². The van der Waals surface area contributed by atoms with Crippen LogP contribution in [0.5, 0.6) is 17.2 Å². The normalized spacial score (nSPS) is 11.4. The Kier molecular flexibility index (Phi) is 6.19. The second-order valence-electron chi connectivity index (χ2n) is 5.29. The van der Waals surface area contributed by atoms with Crippen LogP contribution in [-0.4, -0.2) is 30.0 Å². The van der Waals surface area contributed by atoms with Crippen LogP contribution in [0.3, 0.4) is 0 Å². The first kappa shape index (κ1) is 20.0. The van der Waals surface area contributed by atoms with Gasteiger partial charge in [-0.05, 0) is 37.3 Å². The zero-order valence-electron chi connectivity index (χ0n) is 14.3. The molecular formula is C17H15ClN2O7. The second-order valence-corrected chi connectivity index (χ2v) is 5.72. The molecule has 0 aromatic heterocycles. The van der Waals surface area contributed by atoms with Gasteiger partial charge < -0.3 is 19.9 Å². The van der Waals surface area contributed by atoms with Crippen LogP contribution in [0.2, 0.25) is 5.02 Å². The number of hydrogen-bond donors (Lipinski definition) is 1. The molecule has 0 aliphatic carbocycles. The molecule has 2 N–H and O–H groups in total. The number of amides is 1. The van der Waals surface area contributed by atoms with Gasteiger partial charge in [0.05, 0.1) is 17.6 Å². The van der Waals surface area contributed by atoms with Gasteiger partial charge in [0.2, 0.25) is 5.75 Å². The van der Waals surface area contributed by atoms with Gasteiger partial charge in [-0.25, -0.2) is 4.79 Å². The van der Waals surface area contributed by atoms with Crippen LogP contribution in [0.25, 0.3) is 0 Å². The van der Waals surface area contributed by atoms with E-state index in [2.05, 4.69) is 0 Å². The lowest BCUT2D eigenvalue weighted by atomic mass is 10.2. The molecule has 0 aliphatic heterocycles. The minimum absolute atomic E-state index is 0.0552. The Labute approximate surface area is 158 Å². The monoisotopic (exact) mass is 394 g/mol. The van der Waals surface area contributed by atoms with Crippen LogP contribution in [0, 0.1) is 10.1 Å². The number of hydrogen-bond acceptors (Lipinski definition) is 7. The Morgan fingerprint density at radius 1 is 1.15 bits per heavy atom. The summed E-state index contributed by atoms with van der Waals surface area (Å²) in [7, 11) is 1.33. The number of halogens is 1. The standard InChI is InChI=1S/C17H15ClN2O7/c1-9(16(19)21)26-17(22)10-3-5-14(15(7-10)25-2)27-13-6-4-11(18)8-12(13)20(23)24/h3-9H,1-2H3,(H2,19,21)/t9-/m0/s1. The van der Waals surface area contributed by atoms with Gasteiger partial charge >= 0.3 is 11.7 Å². The third-order valence-corrected chi connectivity index (χ3v) is 3.66. The first-order valence-electron chi connectivity index (χ1n) is 7.53. The number of carbonyl (C=O) groups excluding carboxylic acids is 2. The fourth-order valence-electron chi connectivity index (χ4n) is 2.00. The molecule has 0 heterocycles. The molecule has 0 fully saturated rings. The Hall–Kier alpha value is -3.33. The first-order chi connectivity index (χ1) is 12.7. The van der Waals surface area contributed by atoms with Crippen molar-refractivity contribution in [1.82, 2.24) is 0 Å². The zero-order valence-corrected chi connectivity index (χ0v) is 15.1. The van der Waals surface area contributed by atoms with Crippen molar-refractivity contribution in [2.45, 2.75) is 13.0 Å². The molecule has 0 bridgehead atoms. The highest BCUT2D eigenvalue weighted by Crippen LogP contribution is 2.38. The molecule has 1 atom stereocenters. The van der Waals surface area contributed by atoms with E-state index in [0.29, 0.717) is 0 Å². The smallest absolute Gasteiger partial charge is 0.339 e. The third-order valence-electron chi connectivity index (χ3n) is 3.42. The second kappa shape index (κ2) is 8.37. The van der Waals surface area contributed by atoms with Crippen LogP contribution >= 0.6 is 11.6 Å². The Bertz CT molecular complexity index is 901. The maximum Gasteiger partial charge on any atom is 0.339 e. The molecule has 2 aromatic rings. The summed E-state index contributed by atoms with van der Waals surface area (Å²) in [6.07, 6.45) is -1.10. The van der Waals surface area contributed by atoms with Gasteiger partial charge in [0.1, 0.15) is 0 Å². The van der Waals surface area contributed by atoms with Crippen LogP contribution < -0.4 is 15.2 Å². The molecule has 0 aliphatic rings. The lowest BCUT2D eigenvalue weighted by Gasteiger charge is -2.13. The van der Waals surface area contributed by atoms with Gasteiger partial charge in [0, 0.05) is 11.1 Å². The fourth-order valence-corrected chi connectivity index (χ4v) is 2.17. The number of primary amides is 1. The van der Waals surface area contributed by atoms with E-state index in [1.54, 1.807) is 0 Å². The third kappa shape index (κ3) is 4.85. The Morgan fingerprint density at radius 2 is 1.81 bits per heavy atom. The van der Waals surface area contributed by atoms with Crippen LogP contribution in [0.4, 0.5) is 5.69 Å². The number of nitro groups is 1. The van der Waals surface area contributed by atoms with E-state index in [1.165, 1.54) is 44.4 Å². The SMILES string of the molecule is COc1cc(C(=O)O[C@@H](C)C(N)=O)ccc1Oc1ccc(Cl)cc1[N+](=O)[O-]. The van der Waals surface area contributed by atoms with Crippen molar-refractivity contribution >= 4 is 29.2 Å². The summed E-state index contributed by atoms with van der Waals surface area (Å²) in [4.78, 5) is 33.6. The topological polar surface area (TPSA) is 131 Å². The van der Waals surface area contributed by atoms with Crippen molar-refractivity contribution in [2.24, 2.45) is 5.73 Å². The largest absolute Gasteiger partial charge is 0.493 e. The van der Waals surface area contributed by atoms with Gasteiger partial charge in [0.25, 0.3) is 5.91 Å². The summed E-state index contributed by atoms with van der Waals surface area (Å²) < 4.78 is 15.6. The highest BCUT2D eigenvalue weighted by molar-refractivity contribution is 6.30. The predicted molar refractivity (Wildman–Crippen MR) is 95.2 cm³/mol. The number of benzene rings is 2. The summed E-state index contributed by atoms with van der Waals surface area (Å²) in [5.41, 5.74) is 4.80. The van der Waals surface area contributed by atoms with E-state index >= 15 is 0 Å². The molecule has 27 heavy (non-hydrogen) atoms. The van der Waals surface area contributed by atoms with Crippen molar-refractivity contribution in [3.05, 3.63) is 57.1 Å². The predicted octanol–water partition coefficient (Wildman–Crippen LogP) is 3.08. The molecule has 0 spiro atoms. The quantitative estimate of drug-likeness (QED) is 0.433. The average Bonchev–Trinajstić information content (AvgIpc) is 2.62. The van der Waals surface area contributed by atoms with Crippen molar-refractivity contribution in [2.75, 3.05) is 7.11 Å². The first-order valence-corrected chi connectivity index (χ1v) is 7.91. The van der Waals surface area contributed by atoms with Crippen molar-refractivity contribution in [3.63, 3.8) is 0 Å².